The molecule has 1 amide bonds. The highest BCUT2D eigenvalue weighted by molar-refractivity contribution is 5.78. The molecule has 14 heavy (non-hydrogen) atoms. The van der Waals surface area contributed by atoms with Crippen molar-refractivity contribution >= 4 is 5.91 Å². The molecule has 0 aromatic heterocycles. The Morgan fingerprint density at radius 1 is 1.50 bits per heavy atom. The number of hydrogen-bond acceptors (Lipinski definition) is 3. The van der Waals surface area contributed by atoms with E-state index >= 15 is 0 Å². The first-order chi connectivity index (χ1) is 6.84. The van der Waals surface area contributed by atoms with Gasteiger partial charge in [0.1, 0.15) is 0 Å². The Morgan fingerprint density at radius 3 is 3.07 bits per heavy atom. The molecule has 82 valence electrons. The van der Waals surface area contributed by atoms with Gasteiger partial charge in [-0.15, -0.1) is 0 Å². The zero-order valence-electron chi connectivity index (χ0n) is 8.92. The smallest absolute Gasteiger partial charge is 0.236 e. The van der Waals surface area contributed by atoms with Crippen LogP contribution in [0.3, 0.4) is 0 Å². The first-order valence-electron chi connectivity index (χ1n) is 5.41. The van der Waals surface area contributed by atoms with Gasteiger partial charge in [0.05, 0.1) is 13.2 Å². The molecule has 4 heteroatoms. The summed E-state index contributed by atoms with van der Waals surface area (Å²) in [6.45, 7) is 6.57. The number of unbranched alkanes of at least 4 members (excludes halogenated alkanes) is 1. The normalized spacial score (nSPS) is 17.5. The molecular weight excluding hydrogens is 180 g/mol. The molecule has 0 atom stereocenters. The SMILES string of the molecule is CCCCOCCN1CCNCC1=O. The Morgan fingerprint density at radius 2 is 2.36 bits per heavy atom. The van der Waals surface area contributed by atoms with E-state index in [9.17, 15) is 4.79 Å². The summed E-state index contributed by atoms with van der Waals surface area (Å²) in [7, 11) is 0. The minimum Gasteiger partial charge on any atom is -0.380 e. The summed E-state index contributed by atoms with van der Waals surface area (Å²) in [6.07, 6.45) is 2.27. The number of nitrogens with zero attached hydrogens (tertiary/aromatic N) is 1. The van der Waals surface area contributed by atoms with E-state index in [-0.39, 0.29) is 5.91 Å². The van der Waals surface area contributed by atoms with Crippen LogP contribution in [-0.4, -0.2) is 50.2 Å². The molecule has 1 aliphatic rings. The number of amides is 1. The van der Waals surface area contributed by atoms with Crippen LogP contribution in [0.4, 0.5) is 0 Å². The Kier molecular flexibility index (Phi) is 5.56. The third-order valence-corrected chi connectivity index (χ3v) is 2.34. The third kappa shape index (κ3) is 4.07. The first kappa shape index (κ1) is 11.5. The van der Waals surface area contributed by atoms with Crippen molar-refractivity contribution in [2.24, 2.45) is 0 Å². The summed E-state index contributed by atoms with van der Waals surface area (Å²) in [4.78, 5) is 13.2. The number of piperazine rings is 1. The molecule has 0 aliphatic carbocycles. The summed E-state index contributed by atoms with van der Waals surface area (Å²) in [5.41, 5.74) is 0. The molecule has 1 N–H and O–H groups in total. The van der Waals surface area contributed by atoms with Gasteiger partial charge in [0, 0.05) is 26.2 Å². The van der Waals surface area contributed by atoms with Gasteiger partial charge in [0.25, 0.3) is 0 Å². The van der Waals surface area contributed by atoms with Crippen molar-refractivity contribution in [1.82, 2.24) is 10.2 Å². The van der Waals surface area contributed by atoms with Crippen LogP contribution < -0.4 is 5.32 Å². The summed E-state index contributed by atoms with van der Waals surface area (Å²) in [5, 5.41) is 3.04. The Hall–Kier alpha value is -0.610. The average molecular weight is 200 g/mol. The second kappa shape index (κ2) is 6.79. The molecule has 0 bridgehead atoms. The van der Waals surface area contributed by atoms with Crippen LogP contribution in [0.15, 0.2) is 0 Å². The van der Waals surface area contributed by atoms with Crippen LogP contribution in [0.25, 0.3) is 0 Å². The molecule has 1 aliphatic heterocycles. The van der Waals surface area contributed by atoms with E-state index in [1.165, 1.54) is 0 Å². The van der Waals surface area contributed by atoms with Gasteiger partial charge in [-0.3, -0.25) is 4.79 Å². The molecular formula is C10H20N2O2. The van der Waals surface area contributed by atoms with Crippen LogP contribution in [0.2, 0.25) is 0 Å². The van der Waals surface area contributed by atoms with E-state index in [2.05, 4.69) is 12.2 Å². The number of carbonyl (C=O) groups excluding carboxylic acids is 1. The van der Waals surface area contributed by atoms with Crippen molar-refractivity contribution in [2.75, 3.05) is 39.4 Å². The van der Waals surface area contributed by atoms with Crippen molar-refractivity contribution in [3.05, 3.63) is 0 Å². The number of hydrogen-bond donors (Lipinski definition) is 1. The number of nitrogens with one attached hydrogen (secondary N) is 1. The van der Waals surface area contributed by atoms with Crippen LogP contribution in [0.5, 0.6) is 0 Å². The second-order valence-electron chi connectivity index (χ2n) is 3.52. The summed E-state index contributed by atoms with van der Waals surface area (Å²) in [6, 6.07) is 0. The molecule has 1 fully saturated rings. The lowest BCUT2D eigenvalue weighted by Crippen LogP contribution is -2.49. The second-order valence-corrected chi connectivity index (χ2v) is 3.52. The van der Waals surface area contributed by atoms with E-state index in [0.29, 0.717) is 13.2 Å². The van der Waals surface area contributed by atoms with Crippen LogP contribution in [0, 0.1) is 0 Å². The third-order valence-electron chi connectivity index (χ3n) is 2.34. The fourth-order valence-corrected chi connectivity index (χ4v) is 1.41. The van der Waals surface area contributed by atoms with Crippen molar-refractivity contribution < 1.29 is 9.53 Å². The number of ether oxygens (including phenoxy) is 1. The Balaban J connectivity index is 2.02. The molecule has 0 radical (unpaired) electrons. The molecule has 0 saturated carbocycles. The maximum absolute atomic E-state index is 11.3. The molecule has 4 nitrogen and oxygen atoms in total. The maximum Gasteiger partial charge on any atom is 0.236 e. The highest BCUT2D eigenvalue weighted by Crippen LogP contribution is 1.95. The van der Waals surface area contributed by atoms with Crippen molar-refractivity contribution in [1.29, 1.82) is 0 Å². The highest BCUT2D eigenvalue weighted by Gasteiger charge is 2.16. The van der Waals surface area contributed by atoms with Crippen LogP contribution in [-0.2, 0) is 9.53 Å². The monoisotopic (exact) mass is 200 g/mol. The summed E-state index contributed by atoms with van der Waals surface area (Å²) >= 11 is 0. The zero-order chi connectivity index (χ0) is 10.2. The molecule has 0 unspecified atom stereocenters. The quantitative estimate of drug-likeness (QED) is 0.624. The van der Waals surface area contributed by atoms with E-state index < -0.39 is 0 Å². The van der Waals surface area contributed by atoms with Gasteiger partial charge in [0.15, 0.2) is 0 Å². The minimum atomic E-state index is 0.190. The van der Waals surface area contributed by atoms with Crippen molar-refractivity contribution in [2.45, 2.75) is 19.8 Å². The van der Waals surface area contributed by atoms with Crippen LogP contribution in [0.1, 0.15) is 19.8 Å². The molecule has 1 rings (SSSR count). The number of carbonyl (C=O) groups is 1. The lowest BCUT2D eigenvalue weighted by atomic mass is 10.3. The summed E-state index contributed by atoms with van der Waals surface area (Å²) < 4.78 is 5.41. The Bertz CT molecular complexity index is 174. The van der Waals surface area contributed by atoms with Crippen molar-refractivity contribution in [3.63, 3.8) is 0 Å². The van der Waals surface area contributed by atoms with E-state index in [1.54, 1.807) is 0 Å². The van der Waals surface area contributed by atoms with E-state index in [0.717, 1.165) is 39.1 Å². The van der Waals surface area contributed by atoms with Gasteiger partial charge in [-0.25, -0.2) is 0 Å². The van der Waals surface area contributed by atoms with Gasteiger partial charge in [-0.2, -0.15) is 0 Å². The maximum atomic E-state index is 11.3. The zero-order valence-corrected chi connectivity index (χ0v) is 8.92. The van der Waals surface area contributed by atoms with Gasteiger partial charge in [-0.1, -0.05) is 13.3 Å². The highest BCUT2D eigenvalue weighted by atomic mass is 16.5. The molecule has 1 saturated heterocycles. The van der Waals surface area contributed by atoms with E-state index in [4.69, 9.17) is 4.74 Å². The van der Waals surface area contributed by atoms with Crippen molar-refractivity contribution in [3.8, 4) is 0 Å². The lowest BCUT2D eigenvalue weighted by molar-refractivity contribution is -0.132. The fraction of sp³-hybridized carbons (Fsp3) is 0.900. The minimum absolute atomic E-state index is 0.190. The van der Waals surface area contributed by atoms with Gasteiger partial charge in [-0.05, 0) is 6.42 Å². The lowest BCUT2D eigenvalue weighted by Gasteiger charge is -2.27. The topological polar surface area (TPSA) is 41.6 Å². The first-order valence-corrected chi connectivity index (χ1v) is 5.41. The predicted octanol–water partition coefficient (Wildman–Crippen LogP) is 0.235. The van der Waals surface area contributed by atoms with Gasteiger partial charge >= 0.3 is 0 Å². The van der Waals surface area contributed by atoms with Gasteiger partial charge < -0.3 is 15.0 Å². The standard InChI is InChI=1S/C10H20N2O2/c1-2-3-7-14-8-6-12-5-4-11-9-10(12)13/h11H,2-9H2,1H3. The number of rotatable bonds is 6. The van der Waals surface area contributed by atoms with Gasteiger partial charge in [0.2, 0.25) is 5.91 Å². The Labute approximate surface area is 85.6 Å². The fourth-order valence-electron chi connectivity index (χ4n) is 1.41. The largest absolute Gasteiger partial charge is 0.380 e. The predicted molar refractivity (Wildman–Crippen MR) is 55.2 cm³/mol. The molecule has 0 aromatic carbocycles. The molecule has 0 spiro atoms. The van der Waals surface area contributed by atoms with Crippen LogP contribution >= 0.6 is 0 Å². The summed E-state index contributed by atoms with van der Waals surface area (Å²) in [5.74, 6) is 0.190. The molecule has 0 aromatic rings. The van der Waals surface area contributed by atoms with E-state index in [1.807, 2.05) is 4.90 Å². The average Bonchev–Trinajstić information content (AvgIpc) is 2.20. The molecule has 1 heterocycles.